The Bertz CT molecular complexity index is 750. The molecule has 0 saturated carbocycles. The van der Waals surface area contributed by atoms with Gasteiger partial charge >= 0.3 is 0 Å². The van der Waals surface area contributed by atoms with Crippen LogP contribution < -0.4 is 8.57 Å². The highest BCUT2D eigenvalue weighted by atomic mass is 79.9. The summed E-state index contributed by atoms with van der Waals surface area (Å²) in [5, 5.41) is 0. The highest BCUT2D eigenvalue weighted by molar-refractivity contribution is 9.10. The van der Waals surface area contributed by atoms with Gasteiger partial charge in [0.2, 0.25) is 5.91 Å². The minimum absolute atomic E-state index is 0.0657. The van der Waals surface area contributed by atoms with Gasteiger partial charge in [0.25, 0.3) is 0 Å². The Morgan fingerprint density at radius 3 is 2.67 bits per heavy atom. The van der Waals surface area contributed by atoms with E-state index in [-0.39, 0.29) is 5.91 Å². The minimum Gasteiger partial charge on any atom is -0.485 e. The molecule has 2 aromatic carbocycles. The van der Waals surface area contributed by atoms with Gasteiger partial charge in [0.05, 0.1) is 0 Å². The number of benzene rings is 2. The van der Waals surface area contributed by atoms with E-state index in [1.54, 1.807) is 6.92 Å². The molecule has 1 aliphatic rings. The molecule has 0 spiro atoms. The number of hydrogen-bond donors (Lipinski definition) is 0. The molecule has 0 aliphatic carbocycles. The molecule has 2 aromatic rings. The van der Waals surface area contributed by atoms with E-state index in [1.165, 1.54) is 5.56 Å². The fraction of sp³-hybridized carbons (Fsp3) is 0.278. The second-order valence-corrected chi connectivity index (χ2v) is 6.86. The quantitative estimate of drug-likeness (QED) is 0.676. The van der Waals surface area contributed by atoms with Crippen molar-refractivity contribution >= 4 is 38.1 Å². The number of hydrogen-bond acceptors (Lipinski definition) is 3. The van der Waals surface area contributed by atoms with Crippen molar-refractivity contribution in [2.75, 3.05) is 6.54 Å². The summed E-state index contributed by atoms with van der Waals surface area (Å²) < 4.78 is 12.4. The molecule has 24 heavy (non-hydrogen) atoms. The van der Waals surface area contributed by atoms with Gasteiger partial charge in [-0.05, 0) is 23.6 Å². The molecule has 0 radical (unpaired) electrons. The number of rotatable bonds is 4. The van der Waals surface area contributed by atoms with Crippen molar-refractivity contribution in [2.24, 2.45) is 0 Å². The van der Waals surface area contributed by atoms with E-state index in [1.807, 2.05) is 41.3 Å². The van der Waals surface area contributed by atoms with Crippen molar-refractivity contribution in [2.45, 2.75) is 26.5 Å². The maximum absolute atomic E-state index is 11.8. The van der Waals surface area contributed by atoms with Crippen LogP contribution in [0.1, 0.15) is 23.6 Å². The zero-order valence-corrected chi connectivity index (χ0v) is 16.4. The van der Waals surface area contributed by atoms with Crippen LogP contribution in [0.2, 0.25) is 0 Å². The lowest BCUT2D eigenvalue weighted by Crippen LogP contribution is -2.34. The van der Waals surface area contributed by atoms with Crippen LogP contribution in [0.25, 0.3) is 0 Å². The Morgan fingerprint density at radius 1 is 1.25 bits per heavy atom. The van der Waals surface area contributed by atoms with Crippen LogP contribution in [0.3, 0.4) is 0 Å². The predicted molar refractivity (Wildman–Crippen MR) is 99.3 cm³/mol. The number of amides is 1. The highest BCUT2D eigenvalue weighted by Gasteiger charge is 2.26. The van der Waals surface area contributed by atoms with E-state index < -0.39 is 0 Å². The van der Waals surface area contributed by atoms with Crippen LogP contribution in [-0.4, -0.2) is 17.4 Å². The van der Waals surface area contributed by atoms with Crippen molar-refractivity contribution in [3.8, 4) is 11.5 Å². The molecule has 1 amide bonds. The first kappa shape index (κ1) is 17.3. The largest absolute Gasteiger partial charge is 0.485 e. The smallest absolute Gasteiger partial charge is 0.219 e. The summed E-state index contributed by atoms with van der Waals surface area (Å²) in [5.41, 5.74) is 3.24. The number of carbonyl (C=O) groups excluding carboxylic acids is 1. The molecule has 4 nitrogen and oxygen atoms in total. The van der Waals surface area contributed by atoms with E-state index in [0.29, 0.717) is 31.2 Å². The summed E-state index contributed by atoms with van der Waals surface area (Å²) in [4.78, 5) is 13.6. The normalized spacial score (nSPS) is 13.4. The molecular formula is C18H17Br2NO3. The van der Waals surface area contributed by atoms with Crippen LogP contribution in [0.15, 0.2) is 40.9 Å². The van der Waals surface area contributed by atoms with Crippen LogP contribution in [-0.2, 0) is 24.4 Å². The molecule has 126 valence electrons. The zero-order valence-electron chi connectivity index (χ0n) is 13.2. The van der Waals surface area contributed by atoms with Crippen molar-refractivity contribution in [1.29, 1.82) is 0 Å². The monoisotopic (exact) mass is 453 g/mol. The van der Waals surface area contributed by atoms with Crippen LogP contribution in [0.5, 0.6) is 11.5 Å². The van der Waals surface area contributed by atoms with E-state index in [0.717, 1.165) is 22.0 Å². The van der Waals surface area contributed by atoms with Crippen molar-refractivity contribution in [1.82, 2.24) is 4.90 Å². The van der Waals surface area contributed by atoms with E-state index in [2.05, 4.69) is 32.2 Å². The molecule has 1 heterocycles. The lowest BCUT2D eigenvalue weighted by Gasteiger charge is -2.30. The van der Waals surface area contributed by atoms with Gasteiger partial charge in [-0.2, -0.15) is 0 Å². The number of nitrogens with zero attached hydrogens (tertiary/aromatic N) is 1. The standard InChI is InChI=1S/C18H17Br2NO3/c1-12(22)21-8-7-14-15(10-21)18(17(24-20)9-16(14)19)23-11-13-5-3-2-4-6-13/h2-6,9H,7-8,10-11H2,1H3. The van der Waals surface area contributed by atoms with Crippen molar-refractivity contribution in [3.05, 3.63) is 57.6 Å². The summed E-state index contributed by atoms with van der Waals surface area (Å²) in [5.74, 6) is 1.35. The van der Waals surface area contributed by atoms with Gasteiger partial charge in [0.1, 0.15) is 6.61 Å². The maximum Gasteiger partial charge on any atom is 0.219 e. The predicted octanol–water partition coefficient (Wildman–Crippen LogP) is 4.62. The van der Waals surface area contributed by atoms with Gasteiger partial charge in [-0.3, -0.25) is 4.79 Å². The number of carbonyl (C=O) groups is 1. The van der Waals surface area contributed by atoms with E-state index in [4.69, 9.17) is 8.57 Å². The number of fused-ring (bicyclic) bond motifs is 1. The first-order chi connectivity index (χ1) is 11.6. The molecule has 0 atom stereocenters. The molecule has 3 rings (SSSR count). The molecule has 6 heteroatoms. The van der Waals surface area contributed by atoms with Gasteiger partial charge in [-0.1, -0.05) is 46.3 Å². The fourth-order valence-corrected chi connectivity index (χ4v) is 3.75. The summed E-state index contributed by atoms with van der Waals surface area (Å²) in [7, 11) is 0. The van der Waals surface area contributed by atoms with Gasteiger partial charge in [-0.25, -0.2) is 0 Å². The summed E-state index contributed by atoms with van der Waals surface area (Å²) in [6.45, 7) is 3.28. The average Bonchev–Trinajstić information content (AvgIpc) is 2.61. The van der Waals surface area contributed by atoms with Gasteiger partial charge in [-0.15, -0.1) is 0 Å². The average molecular weight is 455 g/mol. The molecule has 0 bridgehead atoms. The lowest BCUT2D eigenvalue weighted by atomic mass is 9.98. The second-order valence-electron chi connectivity index (χ2n) is 5.68. The number of halogens is 2. The number of ether oxygens (including phenoxy) is 1. The Balaban J connectivity index is 1.96. The fourth-order valence-electron chi connectivity index (χ4n) is 2.87. The third kappa shape index (κ3) is 3.59. The van der Waals surface area contributed by atoms with Crippen molar-refractivity contribution in [3.63, 3.8) is 0 Å². The molecule has 0 fully saturated rings. The van der Waals surface area contributed by atoms with Crippen molar-refractivity contribution < 1.29 is 13.4 Å². The van der Waals surface area contributed by atoms with Gasteiger partial charge < -0.3 is 13.5 Å². The van der Waals surface area contributed by atoms with Crippen LogP contribution >= 0.6 is 32.2 Å². The summed E-state index contributed by atoms with van der Waals surface area (Å²) in [6.07, 6.45) is 0.791. The Hall–Kier alpha value is -1.53. The molecule has 0 aromatic heterocycles. The molecule has 0 unspecified atom stereocenters. The molecule has 0 saturated heterocycles. The second kappa shape index (κ2) is 7.57. The van der Waals surface area contributed by atoms with Crippen LogP contribution in [0, 0.1) is 0 Å². The highest BCUT2D eigenvalue weighted by Crippen LogP contribution is 2.42. The summed E-state index contributed by atoms with van der Waals surface area (Å²) >= 11 is 6.66. The third-order valence-electron chi connectivity index (χ3n) is 4.14. The molecule has 0 N–H and O–H groups in total. The first-order valence-electron chi connectivity index (χ1n) is 7.65. The maximum atomic E-state index is 11.8. The molecular weight excluding hydrogens is 438 g/mol. The Morgan fingerprint density at radius 2 is 2.00 bits per heavy atom. The Kier molecular flexibility index (Phi) is 5.46. The third-order valence-corrected chi connectivity index (χ3v) is 5.20. The summed E-state index contributed by atoms with van der Waals surface area (Å²) in [6, 6.07) is 11.9. The zero-order chi connectivity index (χ0) is 17.1. The van der Waals surface area contributed by atoms with E-state index >= 15 is 0 Å². The first-order valence-corrected chi connectivity index (χ1v) is 9.09. The SMILES string of the molecule is CC(=O)N1CCc2c(Br)cc(OBr)c(OCc3ccccc3)c2C1. The molecule has 1 aliphatic heterocycles. The minimum atomic E-state index is 0.0657. The lowest BCUT2D eigenvalue weighted by molar-refractivity contribution is -0.129. The van der Waals surface area contributed by atoms with Gasteiger partial charge in [0, 0.05) is 30.0 Å². The van der Waals surface area contributed by atoms with E-state index in [9.17, 15) is 4.79 Å². The van der Waals surface area contributed by atoms with Gasteiger partial charge in [0.15, 0.2) is 27.8 Å². The van der Waals surface area contributed by atoms with Crippen LogP contribution in [0.4, 0.5) is 0 Å². The Labute approximate surface area is 158 Å². The topological polar surface area (TPSA) is 38.8 Å².